The Morgan fingerprint density at radius 2 is 1.76 bits per heavy atom. The molecule has 29 heavy (non-hydrogen) atoms. The summed E-state index contributed by atoms with van der Waals surface area (Å²) in [4.78, 5) is 8.93. The van der Waals surface area contributed by atoms with Gasteiger partial charge >= 0.3 is 0 Å². The normalized spacial score (nSPS) is 11.3. The standard InChI is InChI=1S/C23H30N6/c1-3-5-11-21(24)29-22(12-6-4-2)28-16-18-14-13-17(15-27-18)19-9-7-8-10-20(19)23(25)26/h7-10,13-15H,3-6,11-12,16H2,1-2H3,(H3-2,24,25,26,28,29)/q-2. The average Bonchev–Trinajstić information content (AvgIpc) is 2.74. The van der Waals surface area contributed by atoms with Gasteiger partial charge in [0.05, 0.1) is 0 Å². The molecule has 0 aliphatic carbocycles. The maximum absolute atomic E-state index is 8.02. The van der Waals surface area contributed by atoms with Gasteiger partial charge in [-0.25, -0.2) is 0 Å². The van der Waals surface area contributed by atoms with Crippen LogP contribution in [0.25, 0.3) is 22.2 Å². The molecule has 0 unspecified atom stereocenters. The van der Waals surface area contributed by atoms with Gasteiger partial charge < -0.3 is 26.9 Å². The van der Waals surface area contributed by atoms with Crippen LogP contribution in [0.5, 0.6) is 0 Å². The number of amidine groups is 3. The highest BCUT2D eigenvalue weighted by molar-refractivity contribution is 6.07. The number of aliphatic imine (C=N–C) groups is 1. The van der Waals surface area contributed by atoms with Crippen LogP contribution in [0.3, 0.4) is 0 Å². The van der Waals surface area contributed by atoms with E-state index in [2.05, 4.69) is 29.1 Å². The molecule has 0 amide bonds. The van der Waals surface area contributed by atoms with Crippen molar-refractivity contribution in [1.82, 2.24) is 4.98 Å². The Morgan fingerprint density at radius 3 is 2.41 bits per heavy atom. The van der Waals surface area contributed by atoms with Crippen molar-refractivity contribution in [3.63, 3.8) is 0 Å². The quantitative estimate of drug-likeness (QED) is 0.339. The monoisotopic (exact) mass is 390 g/mol. The third kappa shape index (κ3) is 7.14. The van der Waals surface area contributed by atoms with E-state index in [1.165, 1.54) is 0 Å². The van der Waals surface area contributed by atoms with Gasteiger partial charge in [0.15, 0.2) is 0 Å². The van der Waals surface area contributed by atoms with Crippen LogP contribution in [-0.2, 0) is 6.54 Å². The minimum atomic E-state index is -0.207. The highest BCUT2D eigenvalue weighted by Crippen LogP contribution is 2.24. The van der Waals surface area contributed by atoms with Gasteiger partial charge in [-0.1, -0.05) is 75.1 Å². The summed E-state index contributed by atoms with van der Waals surface area (Å²) < 4.78 is 0. The minimum Gasteiger partial charge on any atom is -0.482 e. The minimum absolute atomic E-state index is 0.207. The SMILES string of the molecule is CCCCC(=N)N=C(CCCC)[N-]Cc1ccc(-c2ccccc2C(=N)[NH-])cn1. The lowest BCUT2D eigenvalue weighted by Gasteiger charge is -2.20. The largest absolute Gasteiger partial charge is 0.482 e. The smallest absolute Gasteiger partial charge is 0.0396 e. The summed E-state index contributed by atoms with van der Waals surface area (Å²) in [7, 11) is 0. The van der Waals surface area contributed by atoms with Crippen molar-refractivity contribution in [2.24, 2.45) is 4.99 Å². The number of hydrogen-bond acceptors (Lipinski definition) is 3. The molecule has 1 aromatic carbocycles. The topological polar surface area (TPSA) is 111 Å². The van der Waals surface area contributed by atoms with E-state index in [9.17, 15) is 0 Å². The first-order valence-electron chi connectivity index (χ1n) is 10.2. The molecule has 0 atom stereocenters. The van der Waals surface area contributed by atoms with E-state index >= 15 is 0 Å². The number of hydrogen-bond donors (Lipinski definition) is 2. The van der Waals surface area contributed by atoms with Gasteiger partial charge in [-0.15, -0.1) is 0 Å². The summed E-state index contributed by atoms with van der Waals surface area (Å²) in [5.41, 5.74) is 10.8. The molecule has 0 radical (unpaired) electrons. The Labute approximate surface area is 173 Å². The summed E-state index contributed by atoms with van der Waals surface area (Å²) in [6.45, 7) is 4.68. The molecular weight excluding hydrogens is 360 g/mol. The van der Waals surface area contributed by atoms with Gasteiger partial charge in [0.2, 0.25) is 0 Å². The van der Waals surface area contributed by atoms with E-state index in [0.717, 1.165) is 54.8 Å². The molecule has 0 bridgehead atoms. The van der Waals surface area contributed by atoms with Crippen LogP contribution in [0.15, 0.2) is 47.6 Å². The molecule has 0 saturated heterocycles. The average molecular weight is 391 g/mol. The number of nitrogens with one attached hydrogen (secondary N) is 3. The molecule has 6 heteroatoms. The molecule has 6 nitrogen and oxygen atoms in total. The zero-order valence-corrected chi connectivity index (χ0v) is 17.3. The van der Waals surface area contributed by atoms with Crippen LogP contribution < -0.4 is 0 Å². The molecule has 2 aromatic rings. The number of pyridine rings is 1. The van der Waals surface area contributed by atoms with E-state index in [1.807, 2.05) is 30.3 Å². The van der Waals surface area contributed by atoms with Crippen molar-refractivity contribution in [2.45, 2.75) is 58.9 Å². The molecule has 1 heterocycles. The van der Waals surface area contributed by atoms with Crippen molar-refractivity contribution >= 4 is 17.5 Å². The predicted octanol–water partition coefficient (Wildman–Crippen LogP) is 6.76. The van der Waals surface area contributed by atoms with Crippen molar-refractivity contribution in [3.05, 3.63) is 64.9 Å². The van der Waals surface area contributed by atoms with Crippen molar-refractivity contribution in [3.8, 4) is 11.1 Å². The summed E-state index contributed by atoms with van der Waals surface area (Å²) >= 11 is 0. The van der Waals surface area contributed by atoms with Crippen LogP contribution in [0.2, 0.25) is 0 Å². The van der Waals surface area contributed by atoms with Crippen LogP contribution in [0, 0.1) is 10.8 Å². The second-order valence-corrected chi connectivity index (χ2v) is 6.96. The molecule has 3 N–H and O–H groups in total. The number of unbranched alkanes of at least 4 members (excludes halogenated alkanes) is 2. The first-order valence-corrected chi connectivity index (χ1v) is 10.2. The van der Waals surface area contributed by atoms with Gasteiger partial charge in [0.25, 0.3) is 0 Å². The zero-order chi connectivity index (χ0) is 21.1. The molecule has 1 aromatic heterocycles. The Balaban J connectivity index is 2.06. The van der Waals surface area contributed by atoms with Crippen molar-refractivity contribution in [2.75, 3.05) is 0 Å². The van der Waals surface area contributed by atoms with Crippen molar-refractivity contribution in [1.29, 1.82) is 10.8 Å². The highest BCUT2D eigenvalue weighted by atomic mass is 15.0. The first kappa shape index (κ1) is 22.3. The number of rotatable bonds is 10. The maximum Gasteiger partial charge on any atom is 0.0396 e. The van der Waals surface area contributed by atoms with E-state index in [-0.39, 0.29) is 5.84 Å². The van der Waals surface area contributed by atoms with E-state index in [4.69, 9.17) is 16.6 Å². The Bertz CT molecular complexity index is 839. The molecule has 0 saturated carbocycles. The second kappa shape index (κ2) is 11.7. The van der Waals surface area contributed by atoms with Gasteiger partial charge in [-0.3, -0.25) is 4.98 Å². The summed E-state index contributed by atoms with van der Waals surface area (Å²) in [6, 6.07) is 11.3. The van der Waals surface area contributed by atoms with Crippen LogP contribution >= 0.6 is 0 Å². The number of nitrogens with zero attached hydrogens (tertiary/aromatic N) is 3. The van der Waals surface area contributed by atoms with Gasteiger partial charge in [-0.05, 0) is 43.0 Å². The lowest BCUT2D eigenvalue weighted by atomic mass is 10.0. The fraction of sp³-hybridized carbons (Fsp3) is 0.391. The Morgan fingerprint density at radius 1 is 1.03 bits per heavy atom. The third-order valence-corrected chi connectivity index (χ3v) is 4.54. The summed E-state index contributed by atoms with van der Waals surface area (Å²) in [5, 5.41) is 20.3. The van der Waals surface area contributed by atoms with Crippen LogP contribution in [0.4, 0.5) is 0 Å². The molecule has 2 rings (SSSR count). The molecule has 0 aliphatic rings. The molecule has 0 spiro atoms. The highest BCUT2D eigenvalue weighted by Gasteiger charge is 2.04. The fourth-order valence-electron chi connectivity index (χ4n) is 2.86. The Hall–Kier alpha value is -3.02. The number of benzene rings is 1. The van der Waals surface area contributed by atoms with Crippen LogP contribution in [0.1, 0.15) is 63.6 Å². The van der Waals surface area contributed by atoms with Gasteiger partial charge in [0, 0.05) is 23.3 Å². The maximum atomic E-state index is 8.02. The van der Waals surface area contributed by atoms with Gasteiger partial charge in [0.1, 0.15) is 0 Å². The number of aromatic nitrogens is 1. The lowest BCUT2D eigenvalue weighted by Crippen LogP contribution is -2.04. The van der Waals surface area contributed by atoms with Gasteiger partial charge in [-0.2, -0.15) is 0 Å². The fourth-order valence-corrected chi connectivity index (χ4v) is 2.86. The Kier molecular flexibility index (Phi) is 9.02. The summed E-state index contributed by atoms with van der Waals surface area (Å²) in [6.07, 6.45) is 7.34. The molecule has 0 fully saturated rings. The molecule has 0 aliphatic heterocycles. The van der Waals surface area contributed by atoms with E-state index in [1.54, 1.807) is 12.3 Å². The van der Waals surface area contributed by atoms with E-state index < -0.39 is 0 Å². The van der Waals surface area contributed by atoms with E-state index in [0.29, 0.717) is 24.4 Å². The van der Waals surface area contributed by atoms with Crippen LogP contribution in [-0.4, -0.2) is 22.5 Å². The summed E-state index contributed by atoms with van der Waals surface area (Å²) in [5.74, 6) is 0.924. The zero-order valence-electron chi connectivity index (χ0n) is 17.3. The first-order chi connectivity index (χ1) is 14.0. The second-order valence-electron chi connectivity index (χ2n) is 6.96. The molecule has 154 valence electrons. The molecular formula is C23H30N6-2. The predicted molar refractivity (Wildman–Crippen MR) is 122 cm³/mol. The van der Waals surface area contributed by atoms with Crippen molar-refractivity contribution < 1.29 is 0 Å². The lowest BCUT2D eigenvalue weighted by molar-refractivity contribution is 0.822. The third-order valence-electron chi connectivity index (χ3n) is 4.54.